The van der Waals surface area contributed by atoms with Crippen molar-refractivity contribution in [3.63, 3.8) is 0 Å². The van der Waals surface area contributed by atoms with Crippen molar-refractivity contribution in [1.82, 2.24) is 9.99 Å². The third kappa shape index (κ3) is 4.55. The SMILES string of the molecule is CCCOc1cccc(/C=N\NC(=O)c2cccn(CC)c2=O)c1. The molecular weight excluding hydrogens is 306 g/mol. The Balaban J connectivity index is 2.04. The average molecular weight is 327 g/mol. The molecule has 1 heterocycles. The third-order valence-corrected chi connectivity index (χ3v) is 3.32. The van der Waals surface area contributed by atoms with Crippen LogP contribution in [0.3, 0.4) is 0 Å². The van der Waals surface area contributed by atoms with Gasteiger partial charge in [-0.25, -0.2) is 5.43 Å². The van der Waals surface area contributed by atoms with Crippen LogP contribution in [0.1, 0.15) is 36.2 Å². The van der Waals surface area contributed by atoms with Gasteiger partial charge in [0, 0.05) is 12.7 Å². The molecule has 0 aliphatic carbocycles. The molecule has 0 unspecified atom stereocenters. The molecule has 0 atom stereocenters. The Morgan fingerprint density at radius 1 is 1.29 bits per heavy atom. The van der Waals surface area contributed by atoms with Crippen LogP contribution in [0.15, 0.2) is 52.5 Å². The maximum Gasteiger partial charge on any atom is 0.276 e. The Morgan fingerprint density at radius 3 is 2.88 bits per heavy atom. The number of carbonyl (C=O) groups excluding carboxylic acids is 1. The molecule has 0 saturated carbocycles. The first-order valence-corrected chi connectivity index (χ1v) is 7.91. The van der Waals surface area contributed by atoms with Gasteiger partial charge in [-0.3, -0.25) is 9.59 Å². The number of hydrogen-bond donors (Lipinski definition) is 1. The van der Waals surface area contributed by atoms with Crippen LogP contribution in [0.2, 0.25) is 0 Å². The van der Waals surface area contributed by atoms with Gasteiger partial charge in [0.2, 0.25) is 0 Å². The van der Waals surface area contributed by atoms with Crippen LogP contribution in [0.4, 0.5) is 0 Å². The fourth-order valence-corrected chi connectivity index (χ4v) is 2.09. The summed E-state index contributed by atoms with van der Waals surface area (Å²) < 4.78 is 7.01. The number of aromatic nitrogens is 1. The minimum atomic E-state index is -0.530. The van der Waals surface area contributed by atoms with Crippen molar-refractivity contribution in [2.75, 3.05) is 6.61 Å². The van der Waals surface area contributed by atoms with Gasteiger partial charge in [-0.05, 0) is 43.2 Å². The van der Waals surface area contributed by atoms with Crippen molar-refractivity contribution >= 4 is 12.1 Å². The van der Waals surface area contributed by atoms with E-state index >= 15 is 0 Å². The van der Waals surface area contributed by atoms with Crippen molar-refractivity contribution in [1.29, 1.82) is 0 Å². The largest absolute Gasteiger partial charge is 0.494 e. The fourth-order valence-electron chi connectivity index (χ4n) is 2.09. The molecule has 1 N–H and O–H groups in total. The first kappa shape index (κ1) is 17.5. The Hall–Kier alpha value is -2.89. The van der Waals surface area contributed by atoms with E-state index in [0.717, 1.165) is 17.7 Å². The van der Waals surface area contributed by atoms with E-state index in [4.69, 9.17) is 4.74 Å². The number of pyridine rings is 1. The van der Waals surface area contributed by atoms with Gasteiger partial charge in [-0.1, -0.05) is 19.1 Å². The maximum absolute atomic E-state index is 12.1. The van der Waals surface area contributed by atoms with E-state index in [-0.39, 0.29) is 11.1 Å². The molecule has 1 aromatic carbocycles. The summed E-state index contributed by atoms with van der Waals surface area (Å²) in [7, 11) is 0. The predicted octanol–water partition coefficient (Wildman–Crippen LogP) is 2.42. The number of ether oxygens (including phenoxy) is 1. The van der Waals surface area contributed by atoms with E-state index in [2.05, 4.69) is 10.5 Å². The Bertz CT molecular complexity index is 781. The quantitative estimate of drug-likeness (QED) is 0.627. The molecule has 0 saturated heterocycles. The summed E-state index contributed by atoms with van der Waals surface area (Å²) in [5.41, 5.74) is 2.91. The summed E-state index contributed by atoms with van der Waals surface area (Å²) in [5.74, 6) is 0.221. The monoisotopic (exact) mass is 327 g/mol. The lowest BCUT2D eigenvalue weighted by atomic mass is 10.2. The highest BCUT2D eigenvalue weighted by atomic mass is 16.5. The highest BCUT2D eigenvalue weighted by Gasteiger charge is 2.10. The topological polar surface area (TPSA) is 72.7 Å². The number of aryl methyl sites for hydroxylation is 1. The Kier molecular flexibility index (Phi) is 6.31. The highest BCUT2D eigenvalue weighted by Crippen LogP contribution is 2.12. The normalized spacial score (nSPS) is 10.8. The summed E-state index contributed by atoms with van der Waals surface area (Å²) in [5, 5.41) is 3.91. The van der Waals surface area contributed by atoms with Gasteiger partial charge >= 0.3 is 0 Å². The van der Waals surface area contributed by atoms with Crippen LogP contribution in [-0.4, -0.2) is 23.3 Å². The van der Waals surface area contributed by atoms with E-state index in [1.54, 1.807) is 12.3 Å². The lowest BCUT2D eigenvalue weighted by molar-refractivity contribution is 0.0953. The number of benzene rings is 1. The molecule has 1 aromatic heterocycles. The molecule has 0 spiro atoms. The van der Waals surface area contributed by atoms with Gasteiger partial charge in [0.25, 0.3) is 11.5 Å². The van der Waals surface area contributed by atoms with Gasteiger partial charge < -0.3 is 9.30 Å². The van der Waals surface area contributed by atoms with Crippen LogP contribution in [-0.2, 0) is 6.54 Å². The van der Waals surface area contributed by atoms with Crippen molar-refractivity contribution in [2.24, 2.45) is 5.10 Å². The summed E-state index contributed by atoms with van der Waals surface area (Å²) in [6.45, 7) is 5.04. The van der Waals surface area contributed by atoms with Crippen molar-refractivity contribution < 1.29 is 9.53 Å². The third-order valence-electron chi connectivity index (χ3n) is 3.32. The molecular formula is C18H21N3O3. The number of amides is 1. The van der Waals surface area contributed by atoms with Crippen molar-refractivity contribution in [3.05, 3.63) is 64.1 Å². The van der Waals surface area contributed by atoms with Gasteiger partial charge in [-0.15, -0.1) is 0 Å². The molecule has 24 heavy (non-hydrogen) atoms. The molecule has 1 amide bonds. The van der Waals surface area contributed by atoms with Crippen LogP contribution in [0, 0.1) is 0 Å². The lowest BCUT2D eigenvalue weighted by Gasteiger charge is -2.05. The van der Waals surface area contributed by atoms with Crippen LogP contribution >= 0.6 is 0 Å². The van der Waals surface area contributed by atoms with E-state index in [0.29, 0.717) is 13.2 Å². The molecule has 126 valence electrons. The number of carbonyl (C=O) groups is 1. The zero-order chi connectivity index (χ0) is 17.4. The maximum atomic E-state index is 12.1. The summed E-state index contributed by atoms with van der Waals surface area (Å²) in [6.07, 6.45) is 4.09. The standard InChI is InChI=1S/C18H21N3O3/c1-3-11-24-15-8-5-7-14(12-15)13-19-20-17(22)16-9-6-10-21(4-2)18(16)23/h5-10,12-13H,3-4,11H2,1-2H3,(H,20,22)/b19-13-. The molecule has 0 bridgehead atoms. The van der Waals surface area contributed by atoms with E-state index in [9.17, 15) is 9.59 Å². The first-order chi connectivity index (χ1) is 11.7. The van der Waals surface area contributed by atoms with Crippen LogP contribution in [0.5, 0.6) is 5.75 Å². The van der Waals surface area contributed by atoms with E-state index < -0.39 is 5.91 Å². The fraction of sp³-hybridized carbons (Fsp3) is 0.278. The molecule has 2 aromatic rings. The zero-order valence-electron chi connectivity index (χ0n) is 13.9. The van der Waals surface area contributed by atoms with Crippen LogP contribution in [0.25, 0.3) is 0 Å². The number of nitrogens with zero attached hydrogens (tertiary/aromatic N) is 2. The van der Waals surface area contributed by atoms with Gasteiger partial charge in [0.15, 0.2) is 0 Å². The lowest BCUT2D eigenvalue weighted by Crippen LogP contribution is -2.30. The molecule has 0 fully saturated rings. The number of nitrogens with one attached hydrogen (secondary N) is 1. The second-order valence-electron chi connectivity index (χ2n) is 5.13. The van der Waals surface area contributed by atoms with E-state index in [1.807, 2.05) is 38.1 Å². The van der Waals surface area contributed by atoms with Crippen molar-refractivity contribution in [2.45, 2.75) is 26.8 Å². The average Bonchev–Trinajstić information content (AvgIpc) is 2.60. The minimum absolute atomic E-state index is 0.0662. The summed E-state index contributed by atoms with van der Waals surface area (Å²) >= 11 is 0. The molecule has 2 rings (SSSR count). The summed E-state index contributed by atoms with van der Waals surface area (Å²) in [4.78, 5) is 24.1. The minimum Gasteiger partial charge on any atom is -0.494 e. The predicted molar refractivity (Wildman–Crippen MR) is 93.7 cm³/mol. The summed E-state index contributed by atoms with van der Waals surface area (Å²) in [6, 6.07) is 10.5. The number of hydrazone groups is 1. The second kappa shape index (κ2) is 8.67. The van der Waals surface area contributed by atoms with E-state index in [1.165, 1.54) is 16.8 Å². The highest BCUT2D eigenvalue weighted by molar-refractivity contribution is 5.94. The smallest absolute Gasteiger partial charge is 0.276 e. The Morgan fingerprint density at radius 2 is 2.12 bits per heavy atom. The molecule has 0 aliphatic rings. The van der Waals surface area contributed by atoms with Crippen LogP contribution < -0.4 is 15.7 Å². The first-order valence-electron chi connectivity index (χ1n) is 7.91. The molecule has 6 nitrogen and oxygen atoms in total. The second-order valence-corrected chi connectivity index (χ2v) is 5.13. The van der Waals surface area contributed by atoms with Crippen molar-refractivity contribution in [3.8, 4) is 5.75 Å². The zero-order valence-corrected chi connectivity index (χ0v) is 13.9. The number of rotatable bonds is 7. The molecule has 0 aliphatic heterocycles. The number of hydrogen-bond acceptors (Lipinski definition) is 4. The molecule has 6 heteroatoms. The Labute approximate surface area is 140 Å². The van der Waals surface area contributed by atoms with Gasteiger partial charge in [0.05, 0.1) is 12.8 Å². The van der Waals surface area contributed by atoms with Gasteiger partial charge in [0.1, 0.15) is 11.3 Å². The molecule has 0 radical (unpaired) electrons. The van der Waals surface area contributed by atoms with Gasteiger partial charge in [-0.2, -0.15) is 5.10 Å².